The second-order valence-corrected chi connectivity index (χ2v) is 9.97. The summed E-state index contributed by atoms with van der Waals surface area (Å²) >= 11 is 5.78. The summed E-state index contributed by atoms with van der Waals surface area (Å²) in [5.74, 6) is -0.494. The molecule has 0 saturated carbocycles. The van der Waals surface area contributed by atoms with Crippen molar-refractivity contribution in [2.75, 3.05) is 6.54 Å². The van der Waals surface area contributed by atoms with E-state index in [1.807, 2.05) is 0 Å². The van der Waals surface area contributed by atoms with Crippen molar-refractivity contribution in [1.29, 1.82) is 0 Å². The summed E-state index contributed by atoms with van der Waals surface area (Å²) in [5, 5.41) is 3.17. The Balaban J connectivity index is 2.91. The smallest absolute Gasteiger partial charge is 0.241 e. The zero-order chi connectivity index (χ0) is 17.2. The minimum absolute atomic E-state index is 0.0759. The van der Waals surface area contributed by atoms with Crippen LogP contribution in [0.2, 0.25) is 5.02 Å². The van der Waals surface area contributed by atoms with E-state index in [1.54, 1.807) is 0 Å². The van der Waals surface area contributed by atoms with E-state index in [0.717, 1.165) is 6.42 Å². The SMILES string of the molecule is CC(C)(C)CCNC(=O)C(C)(C)S(=O)(=O)c1ccc(Cl)cc1. The average molecular weight is 346 g/mol. The largest absolute Gasteiger partial charge is 0.355 e. The molecule has 124 valence electrons. The van der Waals surface area contributed by atoms with E-state index < -0.39 is 20.5 Å². The molecule has 0 aliphatic heterocycles. The Morgan fingerprint density at radius 2 is 1.59 bits per heavy atom. The van der Waals surface area contributed by atoms with E-state index in [9.17, 15) is 13.2 Å². The minimum atomic E-state index is -3.79. The van der Waals surface area contributed by atoms with Crippen molar-refractivity contribution < 1.29 is 13.2 Å². The number of hydrogen-bond acceptors (Lipinski definition) is 3. The van der Waals surface area contributed by atoms with Crippen molar-refractivity contribution in [1.82, 2.24) is 5.32 Å². The highest BCUT2D eigenvalue weighted by Gasteiger charge is 2.42. The highest BCUT2D eigenvalue weighted by Crippen LogP contribution is 2.27. The van der Waals surface area contributed by atoms with Gasteiger partial charge in [0, 0.05) is 11.6 Å². The zero-order valence-electron chi connectivity index (χ0n) is 13.7. The fourth-order valence-electron chi connectivity index (χ4n) is 1.79. The van der Waals surface area contributed by atoms with Gasteiger partial charge < -0.3 is 5.32 Å². The first kappa shape index (κ1) is 19.0. The number of nitrogens with one attached hydrogen (secondary N) is 1. The molecule has 0 aromatic heterocycles. The number of rotatable bonds is 5. The summed E-state index contributed by atoms with van der Waals surface area (Å²) in [7, 11) is -3.79. The average Bonchev–Trinajstić information content (AvgIpc) is 2.37. The third kappa shape index (κ3) is 4.46. The van der Waals surface area contributed by atoms with Crippen molar-refractivity contribution in [3.8, 4) is 0 Å². The number of carbonyl (C=O) groups excluding carboxylic acids is 1. The topological polar surface area (TPSA) is 63.2 Å². The molecule has 1 N–H and O–H groups in total. The summed E-state index contributed by atoms with van der Waals surface area (Å²) in [6, 6.07) is 5.84. The summed E-state index contributed by atoms with van der Waals surface area (Å²) < 4.78 is 23.8. The second kappa shape index (κ2) is 6.59. The highest BCUT2D eigenvalue weighted by molar-refractivity contribution is 7.93. The quantitative estimate of drug-likeness (QED) is 0.889. The molecule has 0 bridgehead atoms. The summed E-state index contributed by atoms with van der Waals surface area (Å²) in [4.78, 5) is 12.4. The standard InChI is InChI=1S/C16H24ClNO3S/c1-15(2,3)10-11-18-14(19)16(4,5)22(20,21)13-8-6-12(17)7-9-13/h6-9H,10-11H2,1-5H3,(H,18,19). The maximum Gasteiger partial charge on any atom is 0.241 e. The van der Waals surface area contributed by atoms with Crippen LogP contribution in [0.5, 0.6) is 0 Å². The number of halogens is 1. The molecule has 0 unspecified atom stereocenters. The first-order valence-corrected chi connectivity index (χ1v) is 9.02. The van der Waals surface area contributed by atoms with Crippen molar-refractivity contribution in [2.45, 2.75) is 50.7 Å². The van der Waals surface area contributed by atoms with Crippen LogP contribution in [0.4, 0.5) is 0 Å². The van der Waals surface area contributed by atoms with E-state index >= 15 is 0 Å². The predicted octanol–water partition coefficient (Wildman–Crippen LogP) is 3.44. The van der Waals surface area contributed by atoms with Gasteiger partial charge >= 0.3 is 0 Å². The normalized spacial score (nSPS) is 13.0. The van der Waals surface area contributed by atoms with Crippen LogP contribution in [0.25, 0.3) is 0 Å². The summed E-state index contributed by atoms with van der Waals surface area (Å²) in [5.41, 5.74) is 0.0759. The summed E-state index contributed by atoms with van der Waals surface area (Å²) in [6.45, 7) is 9.48. The van der Waals surface area contributed by atoms with Gasteiger partial charge in [-0.05, 0) is 49.9 Å². The van der Waals surface area contributed by atoms with Crippen LogP contribution in [0.3, 0.4) is 0 Å². The van der Waals surface area contributed by atoms with Crippen LogP contribution in [0.1, 0.15) is 41.0 Å². The van der Waals surface area contributed by atoms with Gasteiger partial charge in [-0.2, -0.15) is 0 Å². The number of carbonyl (C=O) groups is 1. The molecule has 0 aliphatic rings. The van der Waals surface area contributed by atoms with E-state index in [1.165, 1.54) is 38.1 Å². The maximum absolute atomic E-state index is 12.7. The number of hydrogen-bond donors (Lipinski definition) is 1. The first-order valence-electron chi connectivity index (χ1n) is 7.16. The molecule has 0 heterocycles. The second-order valence-electron chi connectivity index (χ2n) is 7.03. The van der Waals surface area contributed by atoms with Crippen LogP contribution in [-0.2, 0) is 14.6 Å². The molecule has 0 atom stereocenters. The highest BCUT2D eigenvalue weighted by atomic mass is 35.5. The Bertz CT molecular complexity index is 628. The molecular weight excluding hydrogens is 322 g/mol. The van der Waals surface area contributed by atoms with Crippen molar-refractivity contribution >= 4 is 27.3 Å². The molecule has 1 rings (SSSR count). The molecule has 4 nitrogen and oxygen atoms in total. The lowest BCUT2D eigenvalue weighted by atomic mass is 9.92. The predicted molar refractivity (Wildman–Crippen MR) is 89.8 cm³/mol. The van der Waals surface area contributed by atoms with Crippen LogP contribution < -0.4 is 5.32 Å². The van der Waals surface area contributed by atoms with E-state index in [2.05, 4.69) is 26.1 Å². The fourth-order valence-corrected chi connectivity index (χ4v) is 3.32. The zero-order valence-corrected chi connectivity index (χ0v) is 15.3. The van der Waals surface area contributed by atoms with Gasteiger partial charge in [0.2, 0.25) is 5.91 Å². The molecular formula is C16H24ClNO3S. The Morgan fingerprint density at radius 1 is 1.09 bits per heavy atom. The van der Waals surface area contributed by atoms with Crippen LogP contribution >= 0.6 is 11.6 Å². The van der Waals surface area contributed by atoms with Gasteiger partial charge in [0.05, 0.1) is 4.90 Å². The van der Waals surface area contributed by atoms with Crippen LogP contribution in [0, 0.1) is 5.41 Å². The van der Waals surface area contributed by atoms with Gasteiger partial charge in [0.25, 0.3) is 0 Å². The Labute approximate surface area is 138 Å². The molecule has 0 fully saturated rings. The van der Waals surface area contributed by atoms with Gasteiger partial charge in [-0.3, -0.25) is 4.79 Å². The number of benzene rings is 1. The van der Waals surface area contributed by atoms with E-state index in [-0.39, 0.29) is 10.3 Å². The molecule has 6 heteroatoms. The molecule has 0 saturated heterocycles. The molecule has 22 heavy (non-hydrogen) atoms. The van der Waals surface area contributed by atoms with Gasteiger partial charge in [0.15, 0.2) is 9.84 Å². The van der Waals surface area contributed by atoms with Gasteiger partial charge in [-0.25, -0.2) is 8.42 Å². The first-order chi connectivity index (χ1) is 9.88. The molecule has 0 aliphatic carbocycles. The maximum atomic E-state index is 12.7. The lowest BCUT2D eigenvalue weighted by Gasteiger charge is -2.25. The third-order valence-corrected chi connectivity index (χ3v) is 6.18. The lowest BCUT2D eigenvalue weighted by molar-refractivity contribution is -0.122. The van der Waals surface area contributed by atoms with E-state index in [4.69, 9.17) is 11.6 Å². The van der Waals surface area contributed by atoms with E-state index in [0.29, 0.717) is 11.6 Å². The minimum Gasteiger partial charge on any atom is -0.355 e. The van der Waals surface area contributed by atoms with Gasteiger partial charge in [-0.1, -0.05) is 32.4 Å². The lowest BCUT2D eigenvalue weighted by Crippen LogP contribution is -2.48. The molecule has 1 aromatic rings. The van der Waals surface area contributed by atoms with Crippen molar-refractivity contribution in [3.05, 3.63) is 29.3 Å². The van der Waals surface area contributed by atoms with Crippen molar-refractivity contribution in [2.24, 2.45) is 5.41 Å². The number of amides is 1. The summed E-state index contributed by atoms with van der Waals surface area (Å²) in [6.07, 6.45) is 0.774. The Morgan fingerprint density at radius 3 is 2.05 bits per heavy atom. The molecule has 1 amide bonds. The fraction of sp³-hybridized carbons (Fsp3) is 0.562. The van der Waals surface area contributed by atoms with Crippen LogP contribution in [0.15, 0.2) is 29.2 Å². The Kier molecular flexibility index (Phi) is 5.68. The Hall–Kier alpha value is -1.07. The van der Waals surface area contributed by atoms with Crippen molar-refractivity contribution in [3.63, 3.8) is 0 Å². The van der Waals surface area contributed by atoms with Gasteiger partial charge in [0.1, 0.15) is 4.75 Å². The van der Waals surface area contributed by atoms with Gasteiger partial charge in [-0.15, -0.1) is 0 Å². The molecule has 0 radical (unpaired) electrons. The molecule has 0 spiro atoms. The number of sulfone groups is 1. The van der Waals surface area contributed by atoms with Crippen LogP contribution in [-0.4, -0.2) is 25.6 Å². The third-order valence-electron chi connectivity index (χ3n) is 3.50. The molecule has 1 aromatic carbocycles. The monoisotopic (exact) mass is 345 g/mol.